The average molecular weight is 256 g/mol. The van der Waals surface area contributed by atoms with Crippen molar-refractivity contribution in [3.8, 4) is 0 Å². The number of halogens is 1. The van der Waals surface area contributed by atoms with Crippen LogP contribution in [-0.4, -0.2) is 4.92 Å². The van der Waals surface area contributed by atoms with Gasteiger partial charge in [0.05, 0.1) is 4.92 Å². The molecule has 0 spiro atoms. The Kier molecular flexibility index (Phi) is 3.83. The Morgan fingerprint density at radius 3 is 2.86 bits per heavy atom. The van der Waals surface area contributed by atoms with Gasteiger partial charge in [-0.3, -0.25) is 10.1 Å². The van der Waals surface area contributed by atoms with Gasteiger partial charge in [0.15, 0.2) is 0 Å². The summed E-state index contributed by atoms with van der Waals surface area (Å²) in [7, 11) is 0. The molecular formula is C10H10BrNO2. The predicted octanol–water partition coefficient (Wildman–Crippen LogP) is 3.26. The van der Waals surface area contributed by atoms with Crippen molar-refractivity contribution in [2.24, 2.45) is 0 Å². The fourth-order valence-electron chi connectivity index (χ4n) is 1.25. The molecule has 0 aliphatic heterocycles. The van der Waals surface area contributed by atoms with Gasteiger partial charge in [0, 0.05) is 10.5 Å². The Balaban J connectivity index is 3.08. The highest BCUT2D eigenvalue weighted by molar-refractivity contribution is 9.10. The van der Waals surface area contributed by atoms with Gasteiger partial charge in [0.2, 0.25) is 6.20 Å². The lowest BCUT2D eigenvalue weighted by molar-refractivity contribution is -0.400. The standard InChI is InChI=1S/C10H10BrNO2/c1-2-9-8(6-7-12(13)14)4-3-5-10(9)11/h3-7H,2H2,1H3. The molecule has 0 aromatic heterocycles. The first-order chi connectivity index (χ1) is 6.65. The summed E-state index contributed by atoms with van der Waals surface area (Å²) < 4.78 is 0.991. The van der Waals surface area contributed by atoms with Crippen LogP contribution in [0.15, 0.2) is 28.9 Å². The molecule has 0 saturated heterocycles. The molecule has 4 heteroatoms. The zero-order valence-electron chi connectivity index (χ0n) is 7.74. The number of rotatable bonds is 3. The molecule has 0 unspecified atom stereocenters. The highest BCUT2D eigenvalue weighted by atomic mass is 79.9. The van der Waals surface area contributed by atoms with Gasteiger partial charge in [-0.25, -0.2) is 0 Å². The van der Waals surface area contributed by atoms with E-state index in [0.717, 1.165) is 28.2 Å². The van der Waals surface area contributed by atoms with Crippen LogP contribution in [-0.2, 0) is 6.42 Å². The maximum Gasteiger partial charge on any atom is 0.235 e. The molecule has 1 aromatic carbocycles. The van der Waals surface area contributed by atoms with Crippen LogP contribution in [0.4, 0.5) is 0 Å². The molecule has 0 bridgehead atoms. The fourth-order valence-corrected chi connectivity index (χ4v) is 1.91. The Labute approximate surface area is 90.7 Å². The third kappa shape index (κ3) is 2.67. The summed E-state index contributed by atoms with van der Waals surface area (Å²) in [5.74, 6) is 0. The largest absolute Gasteiger partial charge is 0.259 e. The Hall–Kier alpha value is -1.16. The number of benzene rings is 1. The van der Waals surface area contributed by atoms with Crippen LogP contribution in [0.1, 0.15) is 18.1 Å². The topological polar surface area (TPSA) is 43.1 Å². The van der Waals surface area contributed by atoms with Crippen molar-refractivity contribution in [3.05, 3.63) is 50.1 Å². The van der Waals surface area contributed by atoms with E-state index in [0.29, 0.717) is 0 Å². The van der Waals surface area contributed by atoms with Crippen LogP contribution in [0.25, 0.3) is 6.08 Å². The van der Waals surface area contributed by atoms with Gasteiger partial charge in [-0.2, -0.15) is 0 Å². The van der Waals surface area contributed by atoms with E-state index in [2.05, 4.69) is 15.9 Å². The number of hydrogen-bond donors (Lipinski definition) is 0. The minimum atomic E-state index is -0.458. The molecule has 14 heavy (non-hydrogen) atoms. The summed E-state index contributed by atoms with van der Waals surface area (Å²) in [6, 6.07) is 5.66. The lowest BCUT2D eigenvalue weighted by atomic mass is 10.1. The van der Waals surface area contributed by atoms with E-state index in [1.165, 1.54) is 6.08 Å². The molecule has 0 aliphatic rings. The van der Waals surface area contributed by atoms with Crippen LogP contribution >= 0.6 is 15.9 Å². The minimum Gasteiger partial charge on any atom is -0.259 e. The summed E-state index contributed by atoms with van der Waals surface area (Å²) in [5.41, 5.74) is 1.98. The Morgan fingerprint density at radius 1 is 1.57 bits per heavy atom. The van der Waals surface area contributed by atoms with Crippen molar-refractivity contribution in [1.29, 1.82) is 0 Å². The first-order valence-corrected chi connectivity index (χ1v) is 5.03. The molecule has 0 N–H and O–H groups in total. The molecule has 1 aromatic rings. The lowest BCUT2D eigenvalue weighted by Gasteiger charge is -2.04. The highest BCUT2D eigenvalue weighted by Crippen LogP contribution is 2.22. The van der Waals surface area contributed by atoms with Gasteiger partial charge in [-0.1, -0.05) is 35.0 Å². The smallest absolute Gasteiger partial charge is 0.235 e. The Morgan fingerprint density at radius 2 is 2.29 bits per heavy atom. The number of hydrogen-bond acceptors (Lipinski definition) is 2. The second-order valence-electron chi connectivity index (χ2n) is 2.76. The Bertz CT molecular complexity index is 374. The predicted molar refractivity (Wildman–Crippen MR) is 59.5 cm³/mol. The zero-order valence-corrected chi connectivity index (χ0v) is 9.32. The van der Waals surface area contributed by atoms with Crippen LogP contribution < -0.4 is 0 Å². The average Bonchev–Trinajstić information content (AvgIpc) is 2.14. The van der Waals surface area contributed by atoms with Gasteiger partial charge in [0.1, 0.15) is 0 Å². The van der Waals surface area contributed by atoms with Gasteiger partial charge in [-0.05, 0) is 23.6 Å². The highest BCUT2D eigenvalue weighted by Gasteiger charge is 2.02. The van der Waals surface area contributed by atoms with Crippen LogP contribution in [0.3, 0.4) is 0 Å². The van der Waals surface area contributed by atoms with E-state index >= 15 is 0 Å². The van der Waals surface area contributed by atoms with Crippen molar-refractivity contribution < 1.29 is 4.92 Å². The van der Waals surface area contributed by atoms with Crippen LogP contribution in [0, 0.1) is 10.1 Å². The minimum absolute atomic E-state index is 0.458. The first kappa shape index (κ1) is 10.9. The molecule has 1 rings (SSSR count). The van der Waals surface area contributed by atoms with Crippen LogP contribution in [0.5, 0.6) is 0 Å². The molecule has 0 atom stereocenters. The fraction of sp³-hybridized carbons (Fsp3) is 0.200. The van der Waals surface area contributed by atoms with Crippen molar-refractivity contribution in [2.75, 3.05) is 0 Å². The van der Waals surface area contributed by atoms with E-state index in [4.69, 9.17) is 0 Å². The van der Waals surface area contributed by atoms with Crippen LogP contribution in [0.2, 0.25) is 0 Å². The van der Waals surface area contributed by atoms with E-state index in [-0.39, 0.29) is 0 Å². The van der Waals surface area contributed by atoms with Crippen molar-refractivity contribution in [3.63, 3.8) is 0 Å². The molecule has 0 saturated carbocycles. The summed E-state index contributed by atoms with van der Waals surface area (Å²) in [4.78, 5) is 9.71. The molecule has 0 fully saturated rings. The summed E-state index contributed by atoms with van der Waals surface area (Å²) >= 11 is 3.41. The van der Waals surface area contributed by atoms with E-state index in [1.54, 1.807) is 0 Å². The monoisotopic (exact) mass is 255 g/mol. The van der Waals surface area contributed by atoms with Crippen molar-refractivity contribution in [1.82, 2.24) is 0 Å². The van der Waals surface area contributed by atoms with Crippen molar-refractivity contribution in [2.45, 2.75) is 13.3 Å². The summed E-state index contributed by atoms with van der Waals surface area (Å²) in [6.45, 7) is 2.02. The summed E-state index contributed by atoms with van der Waals surface area (Å²) in [6.07, 6.45) is 3.32. The number of nitro groups is 1. The molecule has 3 nitrogen and oxygen atoms in total. The molecule has 0 radical (unpaired) electrons. The SMILES string of the molecule is CCc1c(Br)cccc1C=C[N+](=O)[O-]. The van der Waals surface area contributed by atoms with Gasteiger partial charge in [-0.15, -0.1) is 0 Å². The van der Waals surface area contributed by atoms with Gasteiger partial charge in [0.25, 0.3) is 0 Å². The van der Waals surface area contributed by atoms with Gasteiger partial charge >= 0.3 is 0 Å². The second-order valence-corrected chi connectivity index (χ2v) is 3.62. The van der Waals surface area contributed by atoms with Crippen molar-refractivity contribution >= 4 is 22.0 Å². The third-order valence-corrected chi connectivity index (χ3v) is 2.63. The maximum absolute atomic E-state index is 10.2. The molecule has 0 amide bonds. The van der Waals surface area contributed by atoms with E-state index < -0.39 is 4.92 Å². The quantitative estimate of drug-likeness (QED) is 0.615. The normalized spacial score (nSPS) is 10.7. The zero-order chi connectivity index (χ0) is 10.6. The van der Waals surface area contributed by atoms with Gasteiger partial charge < -0.3 is 0 Å². The first-order valence-electron chi connectivity index (χ1n) is 4.24. The third-order valence-electron chi connectivity index (χ3n) is 1.88. The lowest BCUT2D eigenvalue weighted by Crippen LogP contribution is -1.89. The molecule has 0 aliphatic carbocycles. The summed E-state index contributed by atoms with van der Waals surface area (Å²) in [5, 5.41) is 10.2. The molecule has 0 heterocycles. The van der Waals surface area contributed by atoms with E-state index in [1.807, 2.05) is 25.1 Å². The maximum atomic E-state index is 10.2. The second kappa shape index (κ2) is 4.91. The number of nitrogens with zero attached hydrogens (tertiary/aromatic N) is 1. The molecular weight excluding hydrogens is 246 g/mol. The van der Waals surface area contributed by atoms with E-state index in [9.17, 15) is 10.1 Å². The molecule has 74 valence electrons.